The summed E-state index contributed by atoms with van der Waals surface area (Å²) in [6.07, 6.45) is 0. The van der Waals surface area contributed by atoms with Gasteiger partial charge in [0, 0.05) is 48.9 Å². The molecule has 0 saturated carbocycles. The Balaban J connectivity index is 1.41. The molecule has 2 aromatic carbocycles. The average Bonchev–Trinajstić information content (AvgIpc) is 3.29. The van der Waals surface area contributed by atoms with Gasteiger partial charge in [0.05, 0.1) is 9.82 Å². The molecule has 1 fully saturated rings. The molecule has 1 aliphatic heterocycles. The van der Waals surface area contributed by atoms with E-state index in [1.54, 1.807) is 36.4 Å². The van der Waals surface area contributed by atoms with E-state index < -0.39 is 14.9 Å². The third-order valence-electron chi connectivity index (χ3n) is 5.16. The Kier molecular flexibility index (Phi) is 6.00. The van der Waals surface area contributed by atoms with Gasteiger partial charge in [0.15, 0.2) is 5.76 Å². The van der Waals surface area contributed by atoms with Crippen LogP contribution in [0.3, 0.4) is 0 Å². The molecule has 4 rings (SSSR count). The zero-order valence-corrected chi connectivity index (χ0v) is 18.3. The van der Waals surface area contributed by atoms with Crippen LogP contribution in [0.15, 0.2) is 70.0 Å². The Bertz CT molecular complexity index is 1250. The molecule has 166 valence electrons. The molecule has 0 spiro atoms. The lowest BCUT2D eigenvalue weighted by atomic mass is 10.2. The molecule has 0 atom stereocenters. The van der Waals surface area contributed by atoms with Crippen molar-refractivity contribution in [1.82, 2.24) is 9.21 Å². The van der Waals surface area contributed by atoms with Crippen molar-refractivity contribution >= 4 is 33.2 Å². The summed E-state index contributed by atoms with van der Waals surface area (Å²) in [5.41, 5.74) is 0.600. The molecule has 32 heavy (non-hydrogen) atoms. The van der Waals surface area contributed by atoms with Crippen LogP contribution >= 0.6 is 11.6 Å². The van der Waals surface area contributed by atoms with Crippen molar-refractivity contribution < 1.29 is 22.6 Å². The van der Waals surface area contributed by atoms with Gasteiger partial charge in [0.25, 0.3) is 11.6 Å². The normalized spacial score (nSPS) is 15.0. The number of furan rings is 1. The minimum Gasteiger partial charge on any atom is -0.451 e. The van der Waals surface area contributed by atoms with Crippen molar-refractivity contribution in [3.05, 3.63) is 81.6 Å². The smallest absolute Gasteiger partial charge is 0.289 e. The molecule has 1 aromatic heterocycles. The Labute approximate surface area is 189 Å². The standard InChI is InChI=1S/C21H18ClN3O6S/c22-16-3-1-15(2-4-16)19-9-10-20(31-19)21(26)23-11-13-24(14-12-23)32(29,30)18-7-5-17(6-8-18)25(27)28/h1-10H,11-14H2. The number of nitro groups is 1. The molecule has 0 radical (unpaired) electrons. The van der Waals surface area contributed by atoms with Gasteiger partial charge in [0.2, 0.25) is 10.0 Å². The van der Waals surface area contributed by atoms with Gasteiger partial charge in [-0.1, -0.05) is 11.6 Å². The maximum absolute atomic E-state index is 12.8. The maximum atomic E-state index is 12.8. The number of carbonyl (C=O) groups is 1. The molecule has 0 aliphatic carbocycles. The highest BCUT2D eigenvalue weighted by molar-refractivity contribution is 7.89. The van der Waals surface area contributed by atoms with E-state index in [0.29, 0.717) is 10.8 Å². The fourth-order valence-corrected chi connectivity index (χ4v) is 4.95. The van der Waals surface area contributed by atoms with Gasteiger partial charge >= 0.3 is 0 Å². The molecule has 9 nitrogen and oxygen atoms in total. The second-order valence-electron chi connectivity index (χ2n) is 7.12. The number of nitro benzene ring substituents is 1. The van der Waals surface area contributed by atoms with E-state index in [1.165, 1.54) is 21.3 Å². The van der Waals surface area contributed by atoms with Crippen LogP contribution in [-0.2, 0) is 10.0 Å². The topological polar surface area (TPSA) is 114 Å². The van der Waals surface area contributed by atoms with E-state index in [2.05, 4.69) is 0 Å². The quantitative estimate of drug-likeness (QED) is 0.411. The first-order valence-corrected chi connectivity index (χ1v) is 11.5. The molecule has 0 unspecified atom stereocenters. The second-order valence-corrected chi connectivity index (χ2v) is 9.49. The lowest BCUT2D eigenvalue weighted by Gasteiger charge is -2.33. The SMILES string of the molecule is O=C(c1ccc(-c2ccc(Cl)cc2)o1)N1CCN(S(=O)(=O)c2ccc([N+](=O)[O-])cc2)CC1. The zero-order valence-electron chi connectivity index (χ0n) is 16.7. The molecule has 0 bridgehead atoms. The minimum atomic E-state index is -3.82. The van der Waals surface area contributed by atoms with E-state index in [-0.39, 0.29) is 48.4 Å². The Morgan fingerprint density at radius 1 is 0.938 bits per heavy atom. The number of piperazine rings is 1. The highest BCUT2D eigenvalue weighted by Gasteiger charge is 2.31. The number of halogens is 1. The Morgan fingerprint density at radius 2 is 1.56 bits per heavy atom. The second kappa shape index (κ2) is 8.73. The summed E-state index contributed by atoms with van der Waals surface area (Å²) in [5, 5.41) is 11.4. The summed E-state index contributed by atoms with van der Waals surface area (Å²) in [6.45, 7) is 0.607. The van der Waals surface area contributed by atoms with Gasteiger partial charge in [-0.3, -0.25) is 14.9 Å². The van der Waals surface area contributed by atoms with E-state index in [4.69, 9.17) is 16.0 Å². The van der Waals surface area contributed by atoms with Gasteiger partial charge in [0.1, 0.15) is 5.76 Å². The van der Waals surface area contributed by atoms with Crippen LogP contribution in [0.2, 0.25) is 5.02 Å². The predicted octanol–water partition coefficient (Wildman–Crippen LogP) is 3.65. The van der Waals surface area contributed by atoms with Crippen LogP contribution in [0, 0.1) is 10.1 Å². The number of rotatable bonds is 5. The summed E-state index contributed by atoms with van der Waals surface area (Å²) in [6, 6.07) is 15.1. The molecular weight excluding hydrogens is 458 g/mol. The first-order chi connectivity index (χ1) is 15.3. The van der Waals surface area contributed by atoms with Crippen molar-refractivity contribution in [1.29, 1.82) is 0 Å². The van der Waals surface area contributed by atoms with Gasteiger partial charge in [-0.25, -0.2) is 8.42 Å². The highest BCUT2D eigenvalue weighted by Crippen LogP contribution is 2.25. The van der Waals surface area contributed by atoms with E-state index in [0.717, 1.165) is 17.7 Å². The molecule has 11 heteroatoms. The van der Waals surface area contributed by atoms with Gasteiger partial charge < -0.3 is 9.32 Å². The van der Waals surface area contributed by atoms with Crippen molar-refractivity contribution in [2.75, 3.05) is 26.2 Å². The predicted molar refractivity (Wildman–Crippen MR) is 117 cm³/mol. The monoisotopic (exact) mass is 475 g/mol. The first kappa shape index (κ1) is 22.0. The van der Waals surface area contributed by atoms with Crippen molar-refractivity contribution in [3.8, 4) is 11.3 Å². The summed E-state index contributed by atoms with van der Waals surface area (Å²) in [4.78, 5) is 24.5. The van der Waals surface area contributed by atoms with E-state index in [9.17, 15) is 23.3 Å². The Hall–Kier alpha value is -3.21. The molecule has 1 saturated heterocycles. The summed E-state index contributed by atoms with van der Waals surface area (Å²) in [7, 11) is -3.82. The average molecular weight is 476 g/mol. The minimum absolute atomic E-state index is 0.0264. The fourth-order valence-electron chi connectivity index (χ4n) is 3.40. The number of nitrogens with zero attached hydrogens (tertiary/aromatic N) is 3. The van der Waals surface area contributed by atoms with Gasteiger partial charge in [-0.05, 0) is 48.5 Å². The molecule has 3 aromatic rings. The number of sulfonamides is 1. The van der Waals surface area contributed by atoms with Gasteiger partial charge in [-0.15, -0.1) is 0 Å². The fraction of sp³-hybridized carbons (Fsp3) is 0.190. The largest absolute Gasteiger partial charge is 0.451 e. The lowest BCUT2D eigenvalue weighted by molar-refractivity contribution is -0.384. The number of amides is 1. The summed E-state index contributed by atoms with van der Waals surface area (Å²) < 4.78 is 32.6. The van der Waals surface area contributed by atoms with Crippen molar-refractivity contribution in [2.24, 2.45) is 0 Å². The molecule has 2 heterocycles. The summed E-state index contributed by atoms with van der Waals surface area (Å²) in [5.74, 6) is 0.378. The molecule has 1 amide bonds. The van der Waals surface area contributed by atoms with Crippen LogP contribution in [0.5, 0.6) is 0 Å². The Morgan fingerprint density at radius 3 is 2.16 bits per heavy atom. The highest BCUT2D eigenvalue weighted by atomic mass is 35.5. The zero-order chi connectivity index (χ0) is 22.9. The van der Waals surface area contributed by atoms with Gasteiger partial charge in [-0.2, -0.15) is 4.31 Å². The maximum Gasteiger partial charge on any atom is 0.289 e. The number of hydrogen-bond donors (Lipinski definition) is 0. The molecule has 1 aliphatic rings. The number of carbonyl (C=O) groups excluding carboxylic acids is 1. The van der Waals surface area contributed by atoms with Crippen LogP contribution in [0.4, 0.5) is 5.69 Å². The third-order valence-corrected chi connectivity index (χ3v) is 7.32. The number of hydrogen-bond acceptors (Lipinski definition) is 6. The lowest BCUT2D eigenvalue weighted by Crippen LogP contribution is -2.50. The number of non-ortho nitro benzene ring substituents is 1. The van der Waals surface area contributed by atoms with Crippen molar-refractivity contribution in [3.63, 3.8) is 0 Å². The van der Waals surface area contributed by atoms with Crippen LogP contribution in [0.1, 0.15) is 10.6 Å². The number of benzene rings is 2. The first-order valence-electron chi connectivity index (χ1n) is 9.65. The molecular formula is C21H18ClN3O6S. The molecule has 0 N–H and O–H groups in total. The van der Waals surface area contributed by atoms with Crippen molar-refractivity contribution in [2.45, 2.75) is 4.90 Å². The van der Waals surface area contributed by atoms with Crippen LogP contribution in [0.25, 0.3) is 11.3 Å². The summed E-state index contributed by atoms with van der Waals surface area (Å²) >= 11 is 5.89. The van der Waals surface area contributed by atoms with Crippen LogP contribution in [-0.4, -0.2) is 54.6 Å². The van der Waals surface area contributed by atoms with Crippen LogP contribution < -0.4 is 0 Å². The third kappa shape index (κ3) is 4.38. The van der Waals surface area contributed by atoms with E-state index in [1.807, 2.05) is 0 Å². The van der Waals surface area contributed by atoms with E-state index >= 15 is 0 Å².